The molecule has 1 amide bonds. The van der Waals surface area contributed by atoms with E-state index in [0.717, 1.165) is 25.1 Å². The van der Waals surface area contributed by atoms with Crippen LogP contribution in [0, 0.1) is 5.92 Å². The maximum atomic E-state index is 12.1. The summed E-state index contributed by atoms with van der Waals surface area (Å²) in [5.41, 5.74) is 0.711. The van der Waals surface area contributed by atoms with E-state index in [-0.39, 0.29) is 6.09 Å². The van der Waals surface area contributed by atoms with Crippen LogP contribution in [0.5, 0.6) is 0 Å². The lowest BCUT2D eigenvalue weighted by Crippen LogP contribution is -2.41. The SMILES string of the molecule is CC(C)(C)OC(=O)N1CCCC2CC=CC=C21. The van der Waals surface area contributed by atoms with Crippen molar-refractivity contribution in [3.63, 3.8) is 0 Å². The third-order valence-electron chi connectivity index (χ3n) is 3.10. The molecule has 0 aromatic rings. The van der Waals surface area contributed by atoms with E-state index in [0.29, 0.717) is 5.92 Å². The summed E-state index contributed by atoms with van der Waals surface area (Å²) in [4.78, 5) is 13.9. The Morgan fingerprint density at radius 1 is 1.47 bits per heavy atom. The molecule has 1 aliphatic carbocycles. The molecule has 3 heteroatoms. The van der Waals surface area contributed by atoms with Gasteiger partial charge >= 0.3 is 6.09 Å². The van der Waals surface area contributed by atoms with E-state index in [9.17, 15) is 4.79 Å². The van der Waals surface area contributed by atoms with E-state index in [4.69, 9.17) is 4.74 Å². The molecular weight excluding hydrogens is 214 g/mol. The number of piperidine rings is 1. The monoisotopic (exact) mass is 235 g/mol. The van der Waals surface area contributed by atoms with E-state index < -0.39 is 5.60 Å². The Kier molecular flexibility index (Phi) is 3.27. The van der Waals surface area contributed by atoms with Crippen molar-refractivity contribution in [3.05, 3.63) is 23.9 Å². The van der Waals surface area contributed by atoms with Crippen molar-refractivity contribution in [2.45, 2.75) is 45.6 Å². The molecule has 0 N–H and O–H groups in total. The summed E-state index contributed by atoms with van der Waals surface area (Å²) < 4.78 is 5.45. The fourth-order valence-electron chi connectivity index (χ4n) is 2.38. The van der Waals surface area contributed by atoms with Crippen molar-refractivity contribution in [3.8, 4) is 0 Å². The zero-order chi connectivity index (χ0) is 12.5. The largest absolute Gasteiger partial charge is 0.443 e. The van der Waals surface area contributed by atoms with Gasteiger partial charge in [0.25, 0.3) is 0 Å². The minimum absolute atomic E-state index is 0.205. The summed E-state index contributed by atoms with van der Waals surface area (Å²) in [6.07, 6.45) is 9.34. The molecule has 17 heavy (non-hydrogen) atoms. The number of hydrogen-bond donors (Lipinski definition) is 0. The molecule has 0 radical (unpaired) electrons. The van der Waals surface area contributed by atoms with Crippen LogP contribution >= 0.6 is 0 Å². The van der Waals surface area contributed by atoms with Gasteiger partial charge in [-0.2, -0.15) is 0 Å². The first-order valence-electron chi connectivity index (χ1n) is 6.34. The highest BCUT2D eigenvalue weighted by molar-refractivity contribution is 5.71. The Hall–Kier alpha value is -1.25. The lowest BCUT2D eigenvalue weighted by molar-refractivity contribution is 0.0259. The van der Waals surface area contributed by atoms with Crippen LogP contribution in [0.2, 0.25) is 0 Å². The van der Waals surface area contributed by atoms with Crippen LogP contribution in [0.1, 0.15) is 40.0 Å². The first kappa shape index (κ1) is 12.2. The predicted octanol–water partition coefficient (Wildman–Crippen LogP) is 3.48. The van der Waals surface area contributed by atoms with E-state index in [1.807, 2.05) is 31.7 Å². The van der Waals surface area contributed by atoms with Gasteiger partial charge in [-0.1, -0.05) is 12.2 Å². The van der Waals surface area contributed by atoms with E-state index in [1.54, 1.807) is 0 Å². The summed E-state index contributed by atoms with van der Waals surface area (Å²) in [6.45, 7) is 6.50. The van der Waals surface area contributed by atoms with Gasteiger partial charge in [-0.25, -0.2) is 4.79 Å². The zero-order valence-electron chi connectivity index (χ0n) is 10.9. The highest BCUT2D eigenvalue weighted by atomic mass is 16.6. The Morgan fingerprint density at radius 2 is 2.24 bits per heavy atom. The molecule has 0 aromatic carbocycles. The smallest absolute Gasteiger partial charge is 0.414 e. The second kappa shape index (κ2) is 4.55. The number of nitrogens with zero attached hydrogens (tertiary/aromatic N) is 1. The van der Waals surface area contributed by atoms with Crippen LogP contribution in [-0.4, -0.2) is 23.1 Å². The standard InChI is InChI=1S/C14H21NO2/c1-14(2,3)17-13(16)15-10-6-8-11-7-4-5-9-12(11)15/h4-5,9,11H,6-8,10H2,1-3H3. The van der Waals surface area contributed by atoms with E-state index >= 15 is 0 Å². The zero-order valence-corrected chi connectivity index (χ0v) is 10.9. The topological polar surface area (TPSA) is 29.5 Å². The van der Waals surface area contributed by atoms with Gasteiger partial charge in [0.2, 0.25) is 0 Å². The number of allylic oxidation sites excluding steroid dienone is 4. The highest BCUT2D eigenvalue weighted by Gasteiger charge is 2.31. The van der Waals surface area contributed by atoms with Crippen LogP contribution in [0.15, 0.2) is 23.9 Å². The maximum absolute atomic E-state index is 12.1. The van der Waals surface area contributed by atoms with Crippen LogP contribution in [-0.2, 0) is 4.74 Å². The molecule has 2 aliphatic rings. The number of carbonyl (C=O) groups is 1. The lowest BCUT2D eigenvalue weighted by Gasteiger charge is -2.37. The Balaban J connectivity index is 2.11. The minimum Gasteiger partial charge on any atom is -0.443 e. The van der Waals surface area contributed by atoms with Gasteiger partial charge in [-0.3, -0.25) is 4.90 Å². The Bertz CT molecular complexity index is 363. The molecular formula is C14H21NO2. The van der Waals surface area contributed by atoms with E-state index in [2.05, 4.69) is 12.2 Å². The minimum atomic E-state index is -0.422. The molecule has 94 valence electrons. The van der Waals surface area contributed by atoms with Crippen molar-refractivity contribution in [1.29, 1.82) is 0 Å². The highest BCUT2D eigenvalue weighted by Crippen LogP contribution is 2.33. The summed E-state index contributed by atoms with van der Waals surface area (Å²) in [6, 6.07) is 0. The lowest BCUT2D eigenvalue weighted by atomic mass is 9.88. The first-order chi connectivity index (χ1) is 7.97. The van der Waals surface area contributed by atoms with Gasteiger partial charge in [0.1, 0.15) is 5.60 Å². The normalized spacial score (nSPS) is 24.1. The van der Waals surface area contributed by atoms with Gasteiger partial charge < -0.3 is 4.74 Å². The molecule has 0 bridgehead atoms. The first-order valence-corrected chi connectivity index (χ1v) is 6.34. The van der Waals surface area contributed by atoms with E-state index in [1.165, 1.54) is 6.42 Å². The Morgan fingerprint density at radius 3 is 2.94 bits per heavy atom. The molecule has 1 heterocycles. The number of likely N-dealkylation sites (tertiary alicyclic amines) is 1. The summed E-state index contributed by atoms with van der Waals surface area (Å²) >= 11 is 0. The quantitative estimate of drug-likeness (QED) is 0.643. The number of fused-ring (bicyclic) bond motifs is 1. The van der Waals surface area contributed by atoms with Crippen molar-refractivity contribution in [2.24, 2.45) is 5.92 Å². The molecule has 0 spiro atoms. The molecule has 0 saturated carbocycles. The fraction of sp³-hybridized carbons (Fsp3) is 0.643. The van der Waals surface area contributed by atoms with Crippen LogP contribution in [0.4, 0.5) is 4.79 Å². The molecule has 1 fully saturated rings. The molecule has 1 atom stereocenters. The van der Waals surface area contributed by atoms with Crippen molar-refractivity contribution >= 4 is 6.09 Å². The summed E-state index contributed by atoms with van der Waals surface area (Å²) in [7, 11) is 0. The van der Waals surface area contributed by atoms with Crippen molar-refractivity contribution in [1.82, 2.24) is 4.90 Å². The predicted molar refractivity (Wildman–Crippen MR) is 67.5 cm³/mol. The third kappa shape index (κ3) is 2.90. The number of ether oxygens (including phenoxy) is 1. The third-order valence-corrected chi connectivity index (χ3v) is 3.10. The Labute approximate surface area is 103 Å². The molecule has 1 unspecified atom stereocenters. The molecule has 0 aromatic heterocycles. The number of amides is 1. The summed E-state index contributed by atoms with van der Waals surface area (Å²) in [5.74, 6) is 0.501. The van der Waals surface area contributed by atoms with Gasteiger partial charge in [0.05, 0.1) is 0 Å². The maximum Gasteiger partial charge on any atom is 0.414 e. The van der Waals surface area contributed by atoms with Gasteiger partial charge in [0, 0.05) is 18.2 Å². The molecule has 1 aliphatic heterocycles. The second-order valence-electron chi connectivity index (χ2n) is 5.73. The van der Waals surface area contributed by atoms with Gasteiger partial charge in [-0.05, 0) is 46.1 Å². The molecule has 3 nitrogen and oxygen atoms in total. The molecule has 2 rings (SSSR count). The van der Waals surface area contributed by atoms with Crippen LogP contribution in [0.25, 0.3) is 0 Å². The van der Waals surface area contributed by atoms with Crippen LogP contribution < -0.4 is 0 Å². The number of hydrogen-bond acceptors (Lipinski definition) is 2. The van der Waals surface area contributed by atoms with Crippen molar-refractivity contribution in [2.75, 3.05) is 6.54 Å². The average Bonchev–Trinajstić information content (AvgIpc) is 2.26. The molecule has 1 saturated heterocycles. The fourth-order valence-corrected chi connectivity index (χ4v) is 2.38. The van der Waals surface area contributed by atoms with Crippen LogP contribution in [0.3, 0.4) is 0 Å². The number of carbonyl (C=O) groups excluding carboxylic acids is 1. The van der Waals surface area contributed by atoms with Gasteiger partial charge in [0.15, 0.2) is 0 Å². The second-order valence-corrected chi connectivity index (χ2v) is 5.73. The number of rotatable bonds is 0. The average molecular weight is 235 g/mol. The summed E-state index contributed by atoms with van der Waals surface area (Å²) in [5, 5.41) is 0. The van der Waals surface area contributed by atoms with Gasteiger partial charge in [-0.15, -0.1) is 0 Å². The van der Waals surface area contributed by atoms with Crippen molar-refractivity contribution < 1.29 is 9.53 Å².